The Morgan fingerprint density at radius 2 is 1.64 bits per heavy atom. The van der Waals surface area contributed by atoms with Crippen molar-refractivity contribution in [3.8, 4) is 11.5 Å². The molecule has 1 unspecified atom stereocenters. The summed E-state index contributed by atoms with van der Waals surface area (Å²) < 4.78 is 37.1. The van der Waals surface area contributed by atoms with Gasteiger partial charge in [0.15, 0.2) is 9.84 Å². The fourth-order valence-corrected chi connectivity index (χ4v) is 4.28. The summed E-state index contributed by atoms with van der Waals surface area (Å²) in [5.41, 5.74) is 0.806. The molecule has 0 saturated carbocycles. The van der Waals surface area contributed by atoms with Crippen LogP contribution in [-0.2, 0) is 26.0 Å². The average molecular weight is 491 g/mol. The van der Waals surface area contributed by atoms with Gasteiger partial charge in [-0.3, -0.25) is 9.78 Å². The number of likely N-dealkylation sites (N-methyl/N-ethyl adjacent to an activating group) is 1. The number of carbonyl (C=O) groups is 1. The van der Waals surface area contributed by atoms with E-state index in [0.717, 1.165) is 5.56 Å². The van der Waals surface area contributed by atoms with Gasteiger partial charge in [-0.25, -0.2) is 8.42 Å². The van der Waals surface area contributed by atoms with Gasteiger partial charge < -0.3 is 14.4 Å². The lowest BCUT2D eigenvalue weighted by Gasteiger charge is -2.21. The van der Waals surface area contributed by atoms with E-state index in [1.165, 1.54) is 17.0 Å². The number of hydrogen-bond acceptors (Lipinski definition) is 6. The van der Waals surface area contributed by atoms with Crippen LogP contribution < -0.4 is 4.74 Å². The van der Waals surface area contributed by atoms with Crippen molar-refractivity contribution in [2.24, 2.45) is 0 Å². The zero-order valence-electron chi connectivity index (χ0n) is 18.5. The molecule has 0 aliphatic carbocycles. The fraction of sp³-hybridized carbons (Fsp3) is 0.250. The minimum Gasteiger partial charge on any atom is -0.457 e. The van der Waals surface area contributed by atoms with E-state index in [4.69, 9.17) is 9.47 Å². The Bertz CT molecular complexity index is 1110. The lowest BCUT2D eigenvalue weighted by atomic mass is 10.2. The molecule has 0 bridgehead atoms. The van der Waals surface area contributed by atoms with Crippen LogP contribution in [0.15, 0.2) is 84.0 Å². The molecule has 2 aromatic carbocycles. The highest BCUT2D eigenvalue weighted by atomic mass is 35.5. The van der Waals surface area contributed by atoms with Crippen molar-refractivity contribution >= 4 is 28.2 Å². The van der Waals surface area contributed by atoms with E-state index in [-0.39, 0.29) is 42.0 Å². The van der Waals surface area contributed by atoms with Gasteiger partial charge >= 0.3 is 0 Å². The maximum absolute atomic E-state index is 12.8. The Morgan fingerprint density at radius 3 is 2.24 bits per heavy atom. The summed E-state index contributed by atoms with van der Waals surface area (Å²) in [6.45, 7) is 0.170. The summed E-state index contributed by atoms with van der Waals surface area (Å²) in [6.07, 6.45) is 2.46. The van der Waals surface area contributed by atoms with Gasteiger partial charge in [-0.15, -0.1) is 12.4 Å². The van der Waals surface area contributed by atoms with E-state index in [1.54, 1.807) is 44.7 Å². The zero-order chi connectivity index (χ0) is 23.0. The molecule has 3 rings (SSSR count). The second kappa shape index (κ2) is 12.3. The molecule has 0 radical (unpaired) electrons. The maximum atomic E-state index is 12.8. The number of para-hydroxylation sites is 1. The van der Waals surface area contributed by atoms with Crippen molar-refractivity contribution in [3.63, 3.8) is 0 Å². The molecule has 9 heteroatoms. The second-order valence-corrected chi connectivity index (χ2v) is 9.50. The highest BCUT2D eigenvalue weighted by molar-refractivity contribution is 7.91. The van der Waals surface area contributed by atoms with Crippen molar-refractivity contribution in [1.29, 1.82) is 0 Å². The first-order valence-corrected chi connectivity index (χ1v) is 11.8. The molecule has 0 fully saturated rings. The van der Waals surface area contributed by atoms with Gasteiger partial charge in [0.25, 0.3) is 5.91 Å². The van der Waals surface area contributed by atoms with Gasteiger partial charge in [-0.05, 0) is 54.4 Å². The number of hydrogen-bond donors (Lipinski definition) is 0. The molecule has 7 nitrogen and oxygen atoms in total. The van der Waals surface area contributed by atoms with Crippen molar-refractivity contribution < 1.29 is 22.7 Å². The van der Waals surface area contributed by atoms with Crippen molar-refractivity contribution in [2.45, 2.75) is 24.0 Å². The second-order valence-electron chi connectivity index (χ2n) is 7.39. The number of ether oxygens (including phenoxy) is 2. The monoisotopic (exact) mass is 490 g/mol. The molecule has 1 amide bonds. The van der Waals surface area contributed by atoms with E-state index in [1.807, 2.05) is 36.4 Å². The van der Waals surface area contributed by atoms with Crippen molar-refractivity contribution in [3.05, 3.63) is 84.7 Å². The molecule has 0 aliphatic rings. The molecule has 1 heterocycles. The number of sulfone groups is 1. The molecular formula is C24H27ClN2O5S. The van der Waals surface area contributed by atoms with Crippen LogP contribution in [0.25, 0.3) is 0 Å². The standard InChI is InChI=1S/C24H26N2O5S.ClH/c1-26(2)24(27)23(30-18-19-7-6-15-25-17-19)14-16-32(28,29)22-12-10-21(11-13-22)31-20-8-4-3-5-9-20;/h3-13,15,17,23H,14,16,18H2,1-2H3;1H. The summed E-state index contributed by atoms with van der Waals surface area (Å²) in [5, 5.41) is 0. The molecule has 1 aromatic heterocycles. The van der Waals surface area contributed by atoms with Crippen LogP contribution in [0, 0.1) is 0 Å². The Balaban J connectivity index is 0.00000385. The van der Waals surface area contributed by atoms with Gasteiger partial charge in [0.1, 0.15) is 17.6 Å². The van der Waals surface area contributed by atoms with E-state index < -0.39 is 15.9 Å². The van der Waals surface area contributed by atoms with Gasteiger partial charge in [-0.2, -0.15) is 0 Å². The molecule has 0 spiro atoms. The quantitative estimate of drug-likeness (QED) is 0.424. The third kappa shape index (κ3) is 7.85. The first-order valence-electron chi connectivity index (χ1n) is 10.1. The normalized spacial score (nSPS) is 11.8. The predicted octanol–water partition coefficient (Wildman–Crippen LogP) is 4.13. The van der Waals surface area contributed by atoms with Gasteiger partial charge in [0, 0.05) is 26.5 Å². The smallest absolute Gasteiger partial charge is 0.251 e. The number of benzene rings is 2. The minimum atomic E-state index is -3.61. The first-order chi connectivity index (χ1) is 15.3. The number of pyridine rings is 1. The van der Waals surface area contributed by atoms with Crippen LogP contribution in [0.2, 0.25) is 0 Å². The number of aromatic nitrogens is 1. The van der Waals surface area contributed by atoms with Crippen LogP contribution in [0.5, 0.6) is 11.5 Å². The number of carbonyl (C=O) groups excluding carboxylic acids is 1. The third-order valence-electron chi connectivity index (χ3n) is 4.70. The molecule has 3 aromatic rings. The topological polar surface area (TPSA) is 85.8 Å². The number of nitrogens with zero attached hydrogens (tertiary/aromatic N) is 2. The third-order valence-corrected chi connectivity index (χ3v) is 6.46. The predicted molar refractivity (Wildman–Crippen MR) is 128 cm³/mol. The molecule has 33 heavy (non-hydrogen) atoms. The van der Waals surface area contributed by atoms with Crippen molar-refractivity contribution in [1.82, 2.24) is 9.88 Å². The lowest BCUT2D eigenvalue weighted by molar-refractivity contribution is -0.142. The van der Waals surface area contributed by atoms with E-state index >= 15 is 0 Å². The summed E-state index contributed by atoms with van der Waals surface area (Å²) in [7, 11) is -0.378. The van der Waals surface area contributed by atoms with E-state index in [0.29, 0.717) is 11.5 Å². The maximum Gasteiger partial charge on any atom is 0.251 e. The molecule has 0 aliphatic heterocycles. The zero-order valence-corrected chi connectivity index (χ0v) is 20.1. The van der Waals surface area contributed by atoms with Crippen LogP contribution in [0.3, 0.4) is 0 Å². The van der Waals surface area contributed by atoms with Crippen LogP contribution in [0.1, 0.15) is 12.0 Å². The summed E-state index contributed by atoms with van der Waals surface area (Å²) in [4.78, 5) is 18.1. The Morgan fingerprint density at radius 1 is 0.970 bits per heavy atom. The molecule has 0 N–H and O–H groups in total. The summed E-state index contributed by atoms with van der Waals surface area (Å²) in [5.74, 6) is 0.702. The highest BCUT2D eigenvalue weighted by Crippen LogP contribution is 2.23. The lowest BCUT2D eigenvalue weighted by Crippen LogP contribution is -2.36. The SMILES string of the molecule is CN(C)C(=O)C(CCS(=O)(=O)c1ccc(Oc2ccccc2)cc1)OCc1cccnc1.Cl. The fourth-order valence-electron chi connectivity index (χ4n) is 2.97. The largest absolute Gasteiger partial charge is 0.457 e. The number of amides is 1. The summed E-state index contributed by atoms with van der Waals surface area (Å²) >= 11 is 0. The number of halogens is 1. The van der Waals surface area contributed by atoms with Crippen molar-refractivity contribution in [2.75, 3.05) is 19.8 Å². The Labute approximate surface area is 200 Å². The highest BCUT2D eigenvalue weighted by Gasteiger charge is 2.25. The Kier molecular flexibility index (Phi) is 9.84. The van der Waals surface area contributed by atoms with Crippen LogP contribution in [-0.4, -0.2) is 50.2 Å². The average Bonchev–Trinajstić information content (AvgIpc) is 2.80. The van der Waals surface area contributed by atoms with Crippen LogP contribution in [0.4, 0.5) is 0 Å². The van der Waals surface area contributed by atoms with E-state index in [2.05, 4.69) is 4.98 Å². The summed E-state index contributed by atoms with van der Waals surface area (Å²) in [6, 6.07) is 19.1. The van der Waals surface area contributed by atoms with Gasteiger partial charge in [0.2, 0.25) is 0 Å². The molecule has 1 atom stereocenters. The molecule has 0 saturated heterocycles. The van der Waals surface area contributed by atoms with Gasteiger partial charge in [0.05, 0.1) is 17.3 Å². The Hall–Kier alpha value is -2.94. The van der Waals surface area contributed by atoms with Crippen LogP contribution >= 0.6 is 12.4 Å². The molecule has 176 valence electrons. The number of rotatable bonds is 10. The molecular weight excluding hydrogens is 464 g/mol. The van der Waals surface area contributed by atoms with E-state index in [9.17, 15) is 13.2 Å². The van der Waals surface area contributed by atoms with Gasteiger partial charge in [-0.1, -0.05) is 24.3 Å². The first kappa shape index (κ1) is 26.3. The minimum absolute atomic E-state index is 0.